The number of hydrogen-bond acceptors (Lipinski definition) is 3. The van der Waals surface area contributed by atoms with Gasteiger partial charge >= 0.3 is 0 Å². The van der Waals surface area contributed by atoms with Crippen molar-refractivity contribution in [1.82, 2.24) is 4.98 Å². The lowest BCUT2D eigenvalue weighted by Gasteiger charge is -2.02. The zero-order chi connectivity index (χ0) is 10.8. The molecular weight excluding hydrogens is 237 g/mol. The second-order valence-electron chi connectivity index (χ2n) is 2.82. The number of methoxy groups -OCH3 is 1. The maximum atomic E-state index is 13.4. The number of hydrogen-bond donors (Lipinski definition) is 0. The summed E-state index contributed by atoms with van der Waals surface area (Å²) in [4.78, 5) is 4.05. The molecule has 0 radical (unpaired) electrons. The highest BCUT2D eigenvalue weighted by Crippen LogP contribution is 2.28. The third kappa shape index (κ3) is 2.11. The summed E-state index contributed by atoms with van der Waals surface area (Å²) in [6.07, 6.45) is 0. The monoisotopic (exact) mass is 243 g/mol. The van der Waals surface area contributed by atoms with Gasteiger partial charge in [0.15, 0.2) is 11.6 Å². The fourth-order valence-electron chi connectivity index (χ4n) is 1.19. The van der Waals surface area contributed by atoms with Crippen molar-refractivity contribution >= 4 is 22.9 Å². The summed E-state index contributed by atoms with van der Waals surface area (Å²) in [7, 11) is 1.43. The van der Waals surface area contributed by atoms with Gasteiger partial charge in [0.2, 0.25) is 0 Å². The third-order valence-corrected chi connectivity index (χ3v) is 3.09. The van der Waals surface area contributed by atoms with Crippen LogP contribution in [0.2, 0.25) is 5.15 Å². The molecule has 0 bridgehead atoms. The van der Waals surface area contributed by atoms with Gasteiger partial charge in [0, 0.05) is 10.9 Å². The van der Waals surface area contributed by atoms with E-state index >= 15 is 0 Å². The van der Waals surface area contributed by atoms with Gasteiger partial charge in [-0.25, -0.2) is 9.37 Å². The van der Waals surface area contributed by atoms with Crippen LogP contribution in [0.4, 0.5) is 4.39 Å². The van der Waals surface area contributed by atoms with Crippen molar-refractivity contribution in [1.29, 1.82) is 0 Å². The van der Waals surface area contributed by atoms with E-state index in [4.69, 9.17) is 16.3 Å². The fourth-order valence-corrected chi connectivity index (χ4v) is 2.13. The zero-order valence-corrected chi connectivity index (χ0v) is 9.40. The minimum atomic E-state index is -0.402. The van der Waals surface area contributed by atoms with Crippen LogP contribution in [0.3, 0.4) is 0 Å². The molecule has 1 heterocycles. The smallest absolute Gasteiger partial charge is 0.165 e. The van der Waals surface area contributed by atoms with E-state index < -0.39 is 5.82 Å². The van der Waals surface area contributed by atoms with E-state index in [2.05, 4.69) is 4.98 Å². The van der Waals surface area contributed by atoms with Gasteiger partial charge in [-0.05, 0) is 18.2 Å². The van der Waals surface area contributed by atoms with Crippen molar-refractivity contribution in [2.75, 3.05) is 7.11 Å². The van der Waals surface area contributed by atoms with Gasteiger partial charge in [-0.3, -0.25) is 0 Å². The largest absolute Gasteiger partial charge is 0.494 e. The van der Waals surface area contributed by atoms with Gasteiger partial charge in [0.25, 0.3) is 0 Å². The summed E-state index contributed by atoms with van der Waals surface area (Å²) in [5.74, 6) is -0.178. The summed E-state index contributed by atoms with van der Waals surface area (Å²) < 4.78 is 18.2. The number of rotatable bonds is 2. The minimum absolute atomic E-state index is 0.224. The molecule has 15 heavy (non-hydrogen) atoms. The Morgan fingerprint density at radius 2 is 2.27 bits per heavy atom. The van der Waals surface area contributed by atoms with Crippen molar-refractivity contribution in [3.63, 3.8) is 0 Å². The molecule has 2 aromatic rings. The van der Waals surface area contributed by atoms with E-state index in [-0.39, 0.29) is 5.75 Å². The predicted octanol–water partition coefficient (Wildman–Crippen LogP) is 3.61. The molecule has 78 valence electrons. The summed E-state index contributed by atoms with van der Waals surface area (Å²) >= 11 is 7.06. The topological polar surface area (TPSA) is 22.1 Å². The summed E-state index contributed by atoms with van der Waals surface area (Å²) in [6, 6.07) is 4.70. The van der Waals surface area contributed by atoms with Crippen LogP contribution in [0.25, 0.3) is 10.6 Å². The first-order chi connectivity index (χ1) is 7.20. The molecule has 0 saturated carbocycles. The van der Waals surface area contributed by atoms with Crippen molar-refractivity contribution in [3.8, 4) is 16.3 Å². The van der Waals surface area contributed by atoms with Crippen LogP contribution in [0.15, 0.2) is 23.6 Å². The molecule has 0 aliphatic heterocycles. The highest BCUT2D eigenvalue weighted by atomic mass is 35.5. The Kier molecular flexibility index (Phi) is 2.88. The van der Waals surface area contributed by atoms with Crippen LogP contribution >= 0.6 is 22.9 Å². The Morgan fingerprint density at radius 3 is 2.80 bits per heavy atom. The van der Waals surface area contributed by atoms with Gasteiger partial charge in [0.1, 0.15) is 10.2 Å². The summed E-state index contributed by atoms with van der Waals surface area (Å²) in [5.41, 5.74) is 0.699. The molecule has 0 aliphatic rings. The fraction of sp³-hybridized carbons (Fsp3) is 0.100. The lowest BCUT2D eigenvalue weighted by Crippen LogP contribution is -1.88. The average molecular weight is 244 g/mol. The molecule has 0 fully saturated rings. The molecule has 2 rings (SSSR count). The van der Waals surface area contributed by atoms with E-state index in [1.165, 1.54) is 24.5 Å². The molecule has 2 nitrogen and oxygen atoms in total. The Bertz CT molecular complexity index is 486. The lowest BCUT2D eigenvalue weighted by molar-refractivity contribution is 0.386. The number of benzene rings is 1. The van der Waals surface area contributed by atoms with Crippen molar-refractivity contribution in [2.45, 2.75) is 0 Å². The van der Waals surface area contributed by atoms with Crippen molar-refractivity contribution < 1.29 is 9.13 Å². The van der Waals surface area contributed by atoms with Gasteiger partial charge in [-0.1, -0.05) is 11.6 Å². The Hall–Kier alpha value is -1.13. The molecule has 0 amide bonds. The van der Waals surface area contributed by atoms with Gasteiger partial charge < -0.3 is 4.74 Å². The number of ether oxygens (including phenoxy) is 1. The average Bonchev–Trinajstić information content (AvgIpc) is 2.65. The van der Waals surface area contributed by atoms with Crippen LogP contribution in [0.1, 0.15) is 0 Å². The van der Waals surface area contributed by atoms with Crippen LogP contribution in [0, 0.1) is 5.82 Å². The second kappa shape index (κ2) is 4.16. The Labute approximate surface area is 95.3 Å². The molecule has 0 aliphatic carbocycles. The number of aromatic nitrogens is 1. The molecule has 0 spiro atoms. The van der Waals surface area contributed by atoms with Gasteiger partial charge in [0.05, 0.1) is 7.11 Å². The van der Waals surface area contributed by atoms with E-state index in [1.54, 1.807) is 17.5 Å². The molecule has 1 aromatic carbocycles. The zero-order valence-electron chi connectivity index (χ0n) is 7.83. The van der Waals surface area contributed by atoms with E-state index in [0.717, 1.165) is 0 Å². The summed E-state index contributed by atoms with van der Waals surface area (Å²) in [5, 5.41) is 2.83. The molecule has 1 aromatic heterocycles. The summed E-state index contributed by atoms with van der Waals surface area (Å²) in [6.45, 7) is 0. The van der Waals surface area contributed by atoms with Gasteiger partial charge in [-0.2, -0.15) is 0 Å². The van der Waals surface area contributed by atoms with E-state index in [0.29, 0.717) is 15.7 Å². The first-order valence-electron chi connectivity index (χ1n) is 4.15. The number of nitrogens with zero attached hydrogens (tertiary/aromatic N) is 1. The number of thiazole rings is 1. The first kappa shape index (κ1) is 10.4. The van der Waals surface area contributed by atoms with Crippen molar-refractivity contribution in [2.24, 2.45) is 0 Å². The van der Waals surface area contributed by atoms with Crippen molar-refractivity contribution in [3.05, 3.63) is 34.5 Å². The standard InChI is InChI=1S/C10H7ClFNOS/c1-14-8-3-2-6(4-7(8)12)10-13-9(11)5-15-10/h2-5H,1H3. The number of halogens is 2. The molecule has 5 heteroatoms. The maximum absolute atomic E-state index is 13.4. The van der Waals surface area contributed by atoms with E-state index in [1.807, 2.05) is 0 Å². The predicted molar refractivity (Wildman–Crippen MR) is 59.1 cm³/mol. The Morgan fingerprint density at radius 1 is 1.47 bits per heavy atom. The normalized spacial score (nSPS) is 10.3. The maximum Gasteiger partial charge on any atom is 0.165 e. The molecule has 0 atom stereocenters. The lowest BCUT2D eigenvalue weighted by atomic mass is 10.2. The quantitative estimate of drug-likeness (QED) is 0.804. The highest BCUT2D eigenvalue weighted by Gasteiger charge is 2.07. The minimum Gasteiger partial charge on any atom is -0.494 e. The van der Waals surface area contributed by atoms with Gasteiger partial charge in [-0.15, -0.1) is 11.3 Å². The van der Waals surface area contributed by atoms with Crippen LogP contribution in [-0.4, -0.2) is 12.1 Å². The molecule has 0 saturated heterocycles. The SMILES string of the molecule is COc1ccc(-c2nc(Cl)cs2)cc1F. The molecule has 0 unspecified atom stereocenters. The molecular formula is C10H7ClFNOS. The molecule has 0 N–H and O–H groups in total. The third-order valence-electron chi connectivity index (χ3n) is 1.87. The van der Waals surface area contributed by atoms with Crippen LogP contribution in [-0.2, 0) is 0 Å². The second-order valence-corrected chi connectivity index (χ2v) is 4.07. The van der Waals surface area contributed by atoms with Crippen LogP contribution < -0.4 is 4.74 Å². The highest BCUT2D eigenvalue weighted by molar-refractivity contribution is 7.13. The van der Waals surface area contributed by atoms with Crippen LogP contribution in [0.5, 0.6) is 5.75 Å². The van der Waals surface area contributed by atoms with E-state index in [9.17, 15) is 4.39 Å². The Balaban J connectivity index is 2.42. The first-order valence-corrected chi connectivity index (χ1v) is 5.41.